The van der Waals surface area contributed by atoms with Crippen LogP contribution in [0.4, 0.5) is 14.5 Å². The number of rotatable bonds is 5. The van der Waals surface area contributed by atoms with E-state index in [1.807, 2.05) is 0 Å². The average Bonchev–Trinajstić information content (AvgIpc) is 2.31. The molecule has 0 spiro atoms. The number of benzene rings is 1. The van der Waals surface area contributed by atoms with E-state index >= 15 is 0 Å². The summed E-state index contributed by atoms with van der Waals surface area (Å²) in [5, 5.41) is 29.8. The zero-order valence-electron chi connectivity index (χ0n) is 9.22. The van der Waals surface area contributed by atoms with Gasteiger partial charge < -0.3 is 15.9 Å². The molecule has 0 aliphatic carbocycles. The van der Waals surface area contributed by atoms with Crippen LogP contribution < -0.4 is 5.73 Å². The normalized spacial score (nSPS) is 14.3. The first-order valence-electron chi connectivity index (χ1n) is 5.08. The van der Waals surface area contributed by atoms with Gasteiger partial charge in [-0.25, -0.2) is 8.78 Å². The van der Waals surface area contributed by atoms with Crippen molar-refractivity contribution in [1.82, 2.24) is 0 Å². The van der Waals surface area contributed by atoms with Gasteiger partial charge in [0.1, 0.15) is 6.10 Å². The molecule has 0 heterocycles. The number of nitro groups is 1. The topological polar surface area (TPSA) is 110 Å². The van der Waals surface area contributed by atoms with Crippen LogP contribution in [0, 0.1) is 21.7 Å². The van der Waals surface area contributed by atoms with E-state index in [-0.39, 0.29) is 13.0 Å². The van der Waals surface area contributed by atoms with E-state index in [0.29, 0.717) is 12.1 Å². The summed E-state index contributed by atoms with van der Waals surface area (Å²) in [4.78, 5) is 9.71. The molecule has 1 aromatic rings. The van der Waals surface area contributed by atoms with Gasteiger partial charge in [0, 0.05) is 0 Å². The Bertz CT molecular complexity index is 456. The zero-order chi connectivity index (χ0) is 13.9. The van der Waals surface area contributed by atoms with Crippen LogP contribution in [0.5, 0.6) is 0 Å². The Morgan fingerprint density at radius 2 is 1.89 bits per heavy atom. The van der Waals surface area contributed by atoms with Gasteiger partial charge in [-0.15, -0.1) is 0 Å². The lowest BCUT2D eigenvalue weighted by atomic mass is 10.00. The third-order valence-electron chi connectivity index (χ3n) is 2.41. The van der Waals surface area contributed by atoms with Crippen molar-refractivity contribution in [3.63, 3.8) is 0 Å². The molecule has 100 valence electrons. The number of hydrogen-bond acceptors (Lipinski definition) is 5. The molecule has 0 amide bonds. The summed E-state index contributed by atoms with van der Waals surface area (Å²) in [7, 11) is 0. The van der Waals surface area contributed by atoms with Gasteiger partial charge in [0.05, 0.1) is 22.7 Å². The van der Waals surface area contributed by atoms with Crippen molar-refractivity contribution in [2.24, 2.45) is 5.73 Å². The van der Waals surface area contributed by atoms with Crippen LogP contribution in [-0.4, -0.2) is 27.8 Å². The Hall–Kier alpha value is -1.64. The molecule has 8 heteroatoms. The molecule has 0 saturated carbocycles. The minimum absolute atomic E-state index is 0.0304. The van der Waals surface area contributed by atoms with E-state index in [1.165, 1.54) is 0 Å². The molecule has 1 rings (SSSR count). The maximum atomic E-state index is 13.0. The summed E-state index contributed by atoms with van der Waals surface area (Å²) in [6, 6.07) is 0.862. The van der Waals surface area contributed by atoms with E-state index in [9.17, 15) is 29.1 Å². The minimum atomic E-state index is -1.70. The molecular weight excluding hydrogens is 250 g/mol. The van der Waals surface area contributed by atoms with Gasteiger partial charge in [0.15, 0.2) is 11.6 Å². The number of nitro benzene ring substituents is 1. The molecule has 0 aliphatic rings. The first-order valence-corrected chi connectivity index (χ1v) is 5.08. The van der Waals surface area contributed by atoms with E-state index in [2.05, 4.69) is 0 Å². The Kier molecular flexibility index (Phi) is 4.65. The molecular formula is C10H12F2N2O4. The molecule has 0 radical (unpaired) electrons. The largest absolute Gasteiger partial charge is 0.390 e. The Balaban J connectivity index is 3.21. The highest BCUT2D eigenvalue weighted by Gasteiger charge is 2.28. The standard InChI is InChI=1S/C10H12F2N2O4/c11-6-3-5(10(16)9(15)1-2-13)8(14(17)18)4-7(6)12/h3-4,9-10,15-16H,1-2,13H2. The average molecular weight is 262 g/mol. The summed E-state index contributed by atoms with van der Waals surface area (Å²) in [6.45, 7) is 0.0374. The van der Waals surface area contributed by atoms with Crippen LogP contribution in [0.15, 0.2) is 12.1 Å². The van der Waals surface area contributed by atoms with Crippen molar-refractivity contribution >= 4 is 5.69 Å². The van der Waals surface area contributed by atoms with Gasteiger partial charge >= 0.3 is 0 Å². The fourth-order valence-corrected chi connectivity index (χ4v) is 1.48. The quantitative estimate of drug-likeness (QED) is 0.532. The molecule has 0 aliphatic heterocycles. The number of nitrogens with zero attached hydrogens (tertiary/aromatic N) is 1. The maximum absolute atomic E-state index is 13.0. The summed E-state index contributed by atoms with van der Waals surface area (Å²) in [6.07, 6.45) is -3.13. The molecule has 0 aromatic heterocycles. The first-order chi connectivity index (χ1) is 8.38. The lowest BCUT2D eigenvalue weighted by Crippen LogP contribution is -2.22. The third kappa shape index (κ3) is 2.97. The van der Waals surface area contributed by atoms with Crippen molar-refractivity contribution in [2.45, 2.75) is 18.6 Å². The monoisotopic (exact) mass is 262 g/mol. The Morgan fingerprint density at radius 1 is 1.33 bits per heavy atom. The van der Waals surface area contributed by atoms with Gasteiger partial charge in [-0.3, -0.25) is 10.1 Å². The van der Waals surface area contributed by atoms with Gasteiger partial charge in [-0.1, -0.05) is 0 Å². The van der Waals surface area contributed by atoms with Gasteiger partial charge in [0.25, 0.3) is 5.69 Å². The minimum Gasteiger partial charge on any atom is -0.390 e. The van der Waals surface area contributed by atoms with E-state index < -0.39 is 40.0 Å². The molecule has 0 bridgehead atoms. The van der Waals surface area contributed by atoms with Crippen molar-refractivity contribution in [3.8, 4) is 0 Å². The second kappa shape index (κ2) is 5.80. The third-order valence-corrected chi connectivity index (χ3v) is 2.41. The van der Waals surface area contributed by atoms with E-state index in [0.717, 1.165) is 0 Å². The Morgan fingerprint density at radius 3 is 2.39 bits per heavy atom. The van der Waals surface area contributed by atoms with Crippen LogP contribution in [0.3, 0.4) is 0 Å². The van der Waals surface area contributed by atoms with Crippen molar-refractivity contribution in [3.05, 3.63) is 39.4 Å². The highest BCUT2D eigenvalue weighted by atomic mass is 19.2. The van der Waals surface area contributed by atoms with Crippen LogP contribution in [-0.2, 0) is 0 Å². The van der Waals surface area contributed by atoms with Crippen LogP contribution in [0.25, 0.3) is 0 Å². The molecule has 18 heavy (non-hydrogen) atoms. The lowest BCUT2D eigenvalue weighted by molar-refractivity contribution is -0.386. The SMILES string of the molecule is NCCC(O)C(O)c1cc(F)c(F)cc1[N+](=O)[O-]. The first kappa shape index (κ1) is 14.4. The maximum Gasteiger partial charge on any atom is 0.278 e. The number of aliphatic hydroxyl groups excluding tert-OH is 2. The van der Waals surface area contributed by atoms with Gasteiger partial charge in [-0.05, 0) is 19.0 Å². The van der Waals surface area contributed by atoms with Crippen molar-refractivity contribution in [1.29, 1.82) is 0 Å². The summed E-state index contributed by atoms with van der Waals surface area (Å²) in [5.74, 6) is -2.74. The lowest BCUT2D eigenvalue weighted by Gasteiger charge is -2.17. The summed E-state index contributed by atoms with van der Waals surface area (Å²) in [5.41, 5.74) is 3.88. The number of nitrogens with two attached hydrogens (primary N) is 1. The van der Waals surface area contributed by atoms with Gasteiger partial charge in [0.2, 0.25) is 0 Å². The van der Waals surface area contributed by atoms with Crippen molar-refractivity contribution in [2.75, 3.05) is 6.54 Å². The highest BCUT2D eigenvalue weighted by Crippen LogP contribution is 2.30. The van der Waals surface area contributed by atoms with Crippen LogP contribution in [0.1, 0.15) is 18.1 Å². The zero-order valence-corrected chi connectivity index (χ0v) is 9.22. The Labute approximate surface area is 101 Å². The van der Waals surface area contributed by atoms with E-state index in [4.69, 9.17) is 5.73 Å². The molecule has 2 unspecified atom stereocenters. The van der Waals surface area contributed by atoms with Crippen molar-refractivity contribution < 1.29 is 23.9 Å². The van der Waals surface area contributed by atoms with E-state index in [1.54, 1.807) is 0 Å². The second-order valence-corrected chi connectivity index (χ2v) is 3.67. The second-order valence-electron chi connectivity index (χ2n) is 3.67. The molecule has 1 aromatic carbocycles. The van der Waals surface area contributed by atoms with Crippen LogP contribution in [0.2, 0.25) is 0 Å². The molecule has 0 saturated heterocycles. The fourth-order valence-electron chi connectivity index (χ4n) is 1.48. The van der Waals surface area contributed by atoms with Crippen LogP contribution >= 0.6 is 0 Å². The molecule has 6 nitrogen and oxygen atoms in total. The number of halogens is 2. The molecule has 0 fully saturated rings. The molecule has 4 N–H and O–H groups in total. The number of hydrogen-bond donors (Lipinski definition) is 3. The molecule has 2 atom stereocenters. The summed E-state index contributed by atoms with van der Waals surface area (Å²) >= 11 is 0. The predicted molar refractivity (Wildman–Crippen MR) is 57.7 cm³/mol. The summed E-state index contributed by atoms with van der Waals surface area (Å²) < 4.78 is 25.9. The predicted octanol–water partition coefficient (Wildman–Crippen LogP) is 0.616. The fraction of sp³-hybridized carbons (Fsp3) is 0.400. The smallest absolute Gasteiger partial charge is 0.278 e. The number of aliphatic hydroxyl groups is 2. The van der Waals surface area contributed by atoms with Gasteiger partial charge in [-0.2, -0.15) is 0 Å². The highest BCUT2D eigenvalue weighted by molar-refractivity contribution is 5.43.